The monoisotopic (exact) mass is 292 g/mol. The van der Waals surface area contributed by atoms with Crippen molar-refractivity contribution in [2.45, 2.75) is 26.1 Å². The smallest absolute Gasteiger partial charge is 0.451 e. The van der Waals surface area contributed by atoms with E-state index in [9.17, 15) is 18.0 Å². The Bertz CT molecular complexity index is 491. The third-order valence-corrected chi connectivity index (χ3v) is 2.42. The number of halogens is 3. The van der Waals surface area contributed by atoms with E-state index in [0.717, 1.165) is 6.07 Å². The van der Waals surface area contributed by atoms with E-state index in [1.54, 1.807) is 13.8 Å². The first-order valence-corrected chi connectivity index (χ1v) is 5.71. The Hall–Kier alpha value is -2.06. The van der Waals surface area contributed by atoms with Crippen molar-refractivity contribution in [3.63, 3.8) is 0 Å². The largest absolute Gasteiger partial charge is 0.467 e. The SMILES string of the molecule is COC(=O)C(Nc1cc(N)nc(C(F)(F)F)n1)C(C)C. The molecule has 0 aliphatic heterocycles. The third kappa shape index (κ3) is 3.97. The summed E-state index contributed by atoms with van der Waals surface area (Å²) >= 11 is 0. The number of hydrogen-bond donors (Lipinski definition) is 2. The van der Waals surface area contributed by atoms with Gasteiger partial charge in [0.05, 0.1) is 7.11 Å². The van der Waals surface area contributed by atoms with Crippen molar-refractivity contribution in [1.29, 1.82) is 0 Å². The number of carbonyl (C=O) groups is 1. The summed E-state index contributed by atoms with van der Waals surface area (Å²) in [5.41, 5.74) is 5.31. The van der Waals surface area contributed by atoms with Gasteiger partial charge in [0.25, 0.3) is 0 Å². The summed E-state index contributed by atoms with van der Waals surface area (Å²) in [6.45, 7) is 3.42. The summed E-state index contributed by atoms with van der Waals surface area (Å²) in [6.07, 6.45) is -4.72. The van der Waals surface area contributed by atoms with Crippen molar-refractivity contribution in [2.24, 2.45) is 5.92 Å². The maximum atomic E-state index is 12.6. The number of ether oxygens (including phenoxy) is 1. The fourth-order valence-corrected chi connectivity index (χ4v) is 1.45. The molecule has 6 nitrogen and oxygen atoms in total. The highest BCUT2D eigenvalue weighted by Crippen LogP contribution is 2.28. The molecule has 0 aromatic carbocycles. The van der Waals surface area contributed by atoms with Crippen LogP contribution in [0.1, 0.15) is 19.7 Å². The average molecular weight is 292 g/mol. The molecule has 0 saturated heterocycles. The number of nitrogens with zero attached hydrogens (tertiary/aromatic N) is 2. The molecule has 0 aliphatic rings. The molecule has 0 bridgehead atoms. The van der Waals surface area contributed by atoms with Gasteiger partial charge in [-0.2, -0.15) is 13.2 Å². The topological polar surface area (TPSA) is 90.1 Å². The number of carbonyl (C=O) groups excluding carboxylic acids is 1. The first-order chi connectivity index (χ1) is 9.15. The molecule has 0 fully saturated rings. The summed E-state index contributed by atoms with van der Waals surface area (Å²) in [7, 11) is 1.19. The highest BCUT2D eigenvalue weighted by Gasteiger charge is 2.35. The number of nitrogens with two attached hydrogens (primary N) is 1. The van der Waals surface area contributed by atoms with Crippen molar-refractivity contribution >= 4 is 17.6 Å². The molecular formula is C11H15F3N4O2. The van der Waals surface area contributed by atoms with Gasteiger partial charge in [0.2, 0.25) is 5.82 Å². The van der Waals surface area contributed by atoms with Crippen LogP contribution in [-0.2, 0) is 15.7 Å². The molecule has 0 spiro atoms. The highest BCUT2D eigenvalue weighted by molar-refractivity contribution is 5.79. The Morgan fingerprint density at radius 1 is 1.40 bits per heavy atom. The molecule has 1 heterocycles. The van der Waals surface area contributed by atoms with Crippen LogP contribution in [0, 0.1) is 5.92 Å². The zero-order chi connectivity index (χ0) is 15.5. The lowest BCUT2D eigenvalue weighted by Crippen LogP contribution is -2.36. The summed E-state index contributed by atoms with van der Waals surface area (Å²) in [5, 5.41) is 2.58. The minimum Gasteiger partial charge on any atom is -0.467 e. The van der Waals surface area contributed by atoms with Crippen LogP contribution in [0.3, 0.4) is 0 Å². The summed E-state index contributed by atoms with van der Waals surface area (Å²) in [4.78, 5) is 18.0. The van der Waals surface area contributed by atoms with Crippen molar-refractivity contribution < 1.29 is 22.7 Å². The number of nitrogen functional groups attached to an aromatic ring is 1. The van der Waals surface area contributed by atoms with E-state index in [2.05, 4.69) is 20.0 Å². The van der Waals surface area contributed by atoms with Crippen LogP contribution in [0.5, 0.6) is 0 Å². The standard InChI is InChI=1S/C11H15F3N4O2/c1-5(2)8(9(19)20-3)17-7-4-6(15)16-10(18-7)11(12,13)14/h4-5,8H,1-3H3,(H3,15,16,17,18). The van der Waals surface area contributed by atoms with Gasteiger partial charge in [-0.25, -0.2) is 14.8 Å². The molecule has 3 N–H and O–H groups in total. The molecule has 112 valence electrons. The van der Waals surface area contributed by atoms with Gasteiger partial charge in [-0.1, -0.05) is 13.8 Å². The van der Waals surface area contributed by atoms with Crippen LogP contribution in [0.4, 0.5) is 24.8 Å². The van der Waals surface area contributed by atoms with E-state index in [1.807, 2.05) is 0 Å². The van der Waals surface area contributed by atoms with E-state index in [4.69, 9.17) is 5.73 Å². The first kappa shape index (κ1) is 16.0. The predicted octanol–water partition coefficient (Wildman–Crippen LogP) is 1.69. The van der Waals surface area contributed by atoms with Crippen LogP contribution in [0.25, 0.3) is 0 Å². The van der Waals surface area contributed by atoms with Gasteiger partial charge >= 0.3 is 12.1 Å². The molecule has 1 rings (SSSR count). The summed E-state index contributed by atoms with van der Waals surface area (Å²) in [6, 6.07) is 0.281. The molecule has 1 atom stereocenters. The van der Waals surface area contributed by atoms with E-state index >= 15 is 0 Å². The molecular weight excluding hydrogens is 277 g/mol. The van der Waals surface area contributed by atoms with Gasteiger partial charge in [0, 0.05) is 6.07 Å². The van der Waals surface area contributed by atoms with E-state index in [-0.39, 0.29) is 17.6 Å². The average Bonchev–Trinajstić information content (AvgIpc) is 2.33. The third-order valence-electron chi connectivity index (χ3n) is 2.42. The zero-order valence-electron chi connectivity index (χ0n) is 11.2. The van der Waals surface area contributed by atoms with Crippen molar-refractivity contribution in [1.82, 2.24) is 9.97 Å². The molecule has 0 aliphatic carbocycles. The maximum Gasteiger partial charge on any atom is 0.451 e. The van der Waals surface area contributed by atoms with Crippen LogP contribution in [0.2, 0.25) is 0 Å². The number of alkyl halides is 3. The van der Waals surface area contributed by atoms with E-state index in [1.165, 1.54) is 7.11 Å². The number of hydrogen-bond acceptors (Lipinski definition) is 6. The lowest BCUT2D eigenvalue weighted by molar-refractivity contribution is -0.144. The molecule has 1 aromatic rings. The molecule has 1 unspecified atom stereocenters. The van der Waals surface area contributed by atoms with Crippen LogP contribution >= 0.6 is 0 Å². The Kier molecular flexibility index (Phi) is 4.74. The molecule has 1 aromatic heterocycles. The Balaban J connectivity index is 3.07. The second-order valence-corrected chi connectivity index (χ2v) is 4.39. The maximum absolute atomic E-state index is 12.6. The number of anilines is 2. The van der Waals surface area contributed by atoms with E-state index < -0.39 is 24.0 Å². The van der Waals surface area contributed by atoms with Crippen LogP contribution in [0.15, 0.2) is 6.07 Å². The van der Waals surface area contributed by atoms with Crippen molar-refractivity contribution in [2.75, 3.05) is 18.2 Å². The molecule has 0 amide bonds. The second kappa shape index (κ2) is 5.93. The number of rotatable bonds is 4. The van der Waals surface area contributed by atoms with Gasteiger partial charge < -0.3 is 15.8 Å². The van der Waals surface area contributed by atoms with Gasteiger partial charge in [0.1, 0.15) is 17.7 Å². The molecule has 0 radical (unpaired) electrons. The van der Waals surface area contributed by atoms with Crippen molar-refractivity contribution in [3.05, 3.63) is 11.9 Å². The Labute approximate surface area is 113 Å². The molecule has 0 saturated carbocycles. The van der Waals surface area contributed by atoms with Gasteiger partial charge in [0.15, 0.2) is 0 Å². The quantitative estimate of drug-likeness (QED) is 0.821. The summed E-state index contributed by atoms with van der Waals surface area (Å²) in [5.74, 6) is -2.72. The molecule has 9 heteroatoms. The van der Waals surface area contributed by atoms with Gasteiger partial charge in [-0.3, -0.25) is 0 Å². The number of methoxy groups -OCH3 is 1. The fourth-order valence-electron chi connectivity index (χ4n) is 1.45. The normalized spacial score (nSPS) is 13.2. The van der Waals surface area contributed by atoms with Crippen LogP contribution < -0.4 is 11.1 Å². The lowest BCUT2D eigenvalue weighted by atomic mass is 10.0. The fraction of sp³-hybridized carbons (Fsp3) is 0.545. The van der Waals surface area contributed by atoms with Gasteiger partial charge in [-0.05, 0) is 5.92 Å². The Morgan fingerprint density at radius 3 is 2.45 bits per heavy atom. The predicted molar refractivity (Wildman–Crippen MR) is 65.7 cm³/mol. The second-order valence-electron chi connectivity index (χ2n) is 4.39. The molecule has 20 heavy (non-hydrogen) atoms. The van der Waals surface area contributed by atoms with Gasteiger partial charge in [-0.15, -0.1) is 0 Å². The number of esters is 1. The Morgan fingerprint density at radius 2 is 2.00 bits per heavy atom. The van der Waals surface area contributed by atoms with E-state index in [0.29, 0.717) is 0 Å². The van der Waals surface area contributed by atoms with Crippen molar-refractivity contribution in [3.8, 4) is 0 Å². The number of nitrogens with one attached hydrogen (secondary N) is 1. The first-order valence-electron chi connectivity index (χ1n) is 5.71. The lowest BCUT2D eigenvalue weighted by Gasteiger charge is -2.20. The zero-order valence-corrected chi connectivity index (χ0v) is 11.2. The minimum atomic E-state index is -4.72. The van der Waals surface area contributed by atoms with Crippen LogP contribution in [-0.4, -0.2) is 29.1 Å². The summed E-state index contributed by atoms with van der Waals surface area (Å²) < 4.78 is 42.3. The highest BCUT2D eigenvalue weighted by atomic mass is 19.4. The minimum absolute atomic E-state index is 0.186. The number of aromatic nitrogens is 2.